The maximum atomic E-state index is 12.7. The van der Waals surface area contributed by atoms with Gasteiger partial charge >= 0.3 is 5.97 Å². The van der Waals surface area contributed by atoms with Crippen LogP contribution in [0.15, 0.2) is 0 Å². The van der Waals surface area contributed by atoms with E-state index in [4.69, 9.17) is 5.73 Å². The van der Waals surface area contributed by atoms with Crippen molar-refractivity contribution in [3.8, 4) is 0 Å². The topological polar surface area (TPSA) is 151 Å². The van der Waals surface area contributed by atoms with Crippen molar-refractivity contribution in [1.29, 1.82) is 0 Å². The summed E-state index contributed by atoms with van der Waals surface area (Å²) in [5, 5.41) is 17.1. The summed E-state index contributed by atoms with van der Waals surface area (Å²) in [6, 6.07) is -3.70. The van der Waals surface area contributed by atoms with Crippen molar-refractivity contribution in [2.75, 3.05) is 29.8 Å². The first kappa shape index (κ1) is 29.9. The molecule has 0 aromatic heterocycles. The number of hydrogen-bond donors (Lipinski definition) is 6. The van der Waals surface area contributed by atoms with Crippen LogP contribution in [0.3, 0.4) is 0 Å². The molecule has 0 spiro atoms. The van der Waals surface area contributed by atoms with Crippen molar-refractivity contribution in [2.45, 2.75) is 57.3 Å². The van der Waals surface area contributed by atoms with Crippen molar-refractivity contribution in [1.82, 2.24) is 16.0 Å². The van der Waals surface area contributed by atoms with E-state index < -0.39 is 47.9 Å². The van der Waals surface area contributed by atoms with E-state index in [0.717, 1.165) is 0 Å². The molecule has 5 unspecified atom stereocenters. The van der Waals surface area contributed by atoms with Crippen LogP contribution in [0, 0.1) is 5.92 Å². The number of carboxylic acid groups (broad SMARTS) is 1. The summed E-state index contributed by atoms with van der Waals surface area (Å²) in [5.41, 5.74) is 5.92. The first-order valence-corrected chi connectivity index (χ1v) is 13.5. The first-order chi connectivity index (χ1) is 14.6. The number of carbonyl (C=O) groups is 4. The van der Waals surface area contributed by atoms with E-state index in [1.807, 2.05) is 26.4 Å². The van der Waals surface area contributed by atoms with Crippen molar-refractivity contribution in [3.63, 3.8) is 0 Å². The van der Waals surface area contributed by atoms with Gasteiger partial charge in [0, 0.05) is 5.75 Å². The van der Waals surface area contributed by atoms with Gasteiger partial charge in [0.1, 0.15) is 18.1 Å². The minimum Gasteiger partial charge on any atom is -0.480 e. The van der Waals surface area contributed by atoms with Crippen LogP contribution in [0.2, 0.25) is 0 Å². The zero-order chi connectivity index (χ0) is 24.0. The molecule has 9 nitrogen and oxygen atoms in total. The summed E-state index contributed by atoms with van der Waals surface area (Å²) in [4.78, 5) is 49.2. The zero-order valence-electron chi connectivity index (χ0n) is 18.6. The molecule has 180 valence electrons. The number of nitrogens with two attached hydrogens (primary N) is 1. The average molecular weight is 497 g/mol. The second-order valence-electron chi connectivity index (χ2n) is 7.18. The number of nitrogens with one attached hydrogen (secondary N) is 3. The molecule has 0 aliphatic carbocycles. The standard InChI is InChI=1S/C19H36N4O5S3/c1-5-11(2)15(20)18(26)23-14(10-29)17(25)21-12(6-8-30-3)16(24)22-13(19(27)28)7-9-31-4/h11-15,29H,5-10,20H2,1-4H3,(H,21,25)(H,22,24)(H,23,26)(H,27,28). The van der Waals surface area contributed by atoms with E-state index in [0.29, 0.717) is 24.3 Å². The fourth-order valence-corrected chi connectivity index (χ4v) is 3.72. The predicted octanol–water partition coefficient (Wildman–Crippen LogP) is 0.335. The molecular weight excluding hydrogens is 460 g/mol. The third-order valence-electron chi connectivity index (χ3n) is 4.84. The van der Waals surface area contributed by atoms with Gasteiger partial charge < -0.3 is 26.8 Å². The van der Waals surface area contributed by atoms with Gasteiger partial charge in [-0.1, -0.05) is 20.3 Å². The largest absolute Gasteiger partial charge is 0.480 e. The molecule has 31 heavy (non-hydrogen) atoms. The smallest absolute Gasteiger partial charge is 0.326 e. The molecule has 0 aromatic rings. The number of carbonyl (C=O) groups excluding carboxylic acids is 3. The van der Waals surface area contributed by atoms with Crippen molar-refractivity contribution >= 4 is 59.8 Å². The molecule has 0 aromatic carbocycles. The molecule has 0 saturated heterocycles. The monoisotopic (exact) mass is 496 g/mol. The van der Waals surface area contributed by atoms with E-state index in [2.05, 4.69) is 28.6 Å². The van der Waals surface area contributed by atoms with Gasteiger partial charge in [0.15, 0.2) is 0 Å². The van der Waals surface area contributed by atoms with E-state index in [9.17, 15) is 24.3 Å². The number of rotatable bonds is 16. The molecule has 0 heterocycles. The summed E-state index contributed by atoms with van der Waals surface area (Å²) in [6.07, 6.45) is 5.01. The number of aliphatic carboxylic acids is 1. The van der Waals surface area contributed by atoms with Crippen LogP contribution in [0.5, 0.6) is 0 Å². The Labute approximate surface area is 198 Å². The van der Waals surface area contributed by atoms with Crippen LogP contribution >= 0.6 is 36.2 Å². The molecule has 0 rings (SSSR count). The maximum absolute atomic E-state index is 12.7. The molecule has 6 N–H and O–H groups in total. The van der Waals surface area contributed by atoms with E-state index in [1.54, 1.807) is 0 Å². The zero-order valence-corrected chi connectivity index (χ0v) is 21.1. The number of thiol groups is 1. The van der Waals surface area contributed by atoms with Crippen LogP contribution in [0.1, 0.15) is 33.1 Å². The van der Waals surface area contributed by atoms with E-state index in [1.165, 1.54) is 23.5 Å². The van der Waals surface area contributed by atoms with Gasteiger partial charge in [-0.2, -0.15) is 36.2 Å². The molecule has 0 saturated carbocycles. The molecule has 0 bridgehead atoms. The fraction of sp³-hybridized carbons (Fsp3) is 0.789. The van der Waals surface area contributed by atoms with Gasteiger partial charge in [-0.05, 0) is 42.8 Å². The Bertz CT molecular complexity index is 597. The second-order valence-corrected chi connectivity index (χ2v) is 9.51. The van der Waals surface area contributed by atoms with Gasteiger partial charge in [-0.3, -0.25) is 14.4 Å². The Hall–Kier alpha value is -1.11. The summed E-state index contributed by atoms with van der Waals surface area (Å²) < 4.78 is 0. The molecule has 5 atom stereocenters. The lowest BCUT2D eigenvalue weighted by molar-refractivity contribution is -0.142. The third-order valence-corrected chi connectivity index (χ3v) is 6.50. The summed E-state index contributed by atoms with van der Waals surface area (Å²) in [5.74, 6) is -1.62. The molecule has 12 heteroatoms. The Morgan fingerprint density at radius 2 is 1.35 bits per heavy atom. The predicted molar refractivity (Wildman–Crippen MR) is 131 cm³/mol. The highest BCUT2D eigenvalue weighted by Crippen LogP contribution is 2.07. The second kappa shape index (κ2) is 16.5. The quantitative estimate of drug-likeness (QED) is 0.167. The third kappa shape index (κ3) is 11.4. The molecule has 0 radical (unpaired) electrons. The van der Waals surface area contributed by atoms with Gasteiger partial charge in [0.25, 0.3) is 0 Å². The van der Waals surface area contributed by atoms with Gasteiger partial charge in [0.2, 0.25) is 17.7 Å². The Morgan fingerprint density at radius 1 is 0.903 bits per heavy atom. The van der Waals surface area contributed by atoms with Crippen LogP contribution in [-0.4, -0.2) is 82.7 Å². The van der Waals surface area contributed by atoms with Crippen molar-refractivity contribution in [3.05, 3.63) is 0 Å². The van der Waals surface area contributed by atoms with E-state index >= 15 is 0 Å². The number of amides is 3. The minimum atomic E-state index is -1.13. The van der Waals surface area contributed by atoms with Crippen LogP contribution in [0.25, 0.3) is 0 Å². The number of hydrogen-bond acceptors (Lipinski definition) is 8. The Morgan fingerprint density at radius 3 is 1.81 bits per heavy atom. The summed E-state index contributed by atoms with van der Waals surface area (Å²) in [6.45, 7) is 3.76. The van der Waals surface area contributed by atoms with E-state index in [-0.39, 0.29) is 18.1 Å². The van der Waals surface area contributed by atoms with Crippen molar-refractivity contribution < 1.29 is 24.3 Å². The lowest BCUT2D eigenvalue weighted by Gasteiger charge is -2.25. The minimum absolute atomic E-state index is 0.0210. The lowest BCUT2D eigenvalue weighted by Crippen LogP contribution is -2.58. The van der Waals surface area contributed by atoms with Crippen LogP contribution in [-0.2, 0) is 19.2 Å². The first-order valence-electron chi connectivity index (χ1n) is 10.1. The number of thioether (sulfide) groups is 2. The molecule has 0 aliphatic rings. The number of carboxylic acids is 1. The molecule has 0 aliphatic heterocycles. The summed E-state index contributed by atoms with van der Waals surface area (Å²) in [7, 11) is 0. The van der Waals surface area contributed by atoms with Gasteiger partial charge in [0.05, 0.1) is 6.04 Å². The average Bonchev–Trinajstić information content (AvgIpc) is 2.75. The van der Waals surface area contributed by atoms with Crippen LogP contribution in [0.4, 0.5) is 0 Å². The Kier molecular flexibility index (Phi) is 15.9. The van der Waals surface area contributed by atoms with Gasteiger partial charge in [-0.15, -0.1) is 0 Å². The highest BCUT2D eigenvalue weighted by atomic mass is 32.2. The molecule has 3 amide bonds. The van der Waals surface area contributed by atoms with Crippen molar-refractivity contribution in [2.24, 2.45) is 11.7 Å². The van der Waals surface area contributed by atoms with Crippen LogP contribution < -0.4 is 21.7 Å². The van der Waals surface area contributed by atoms with Gasteiger partial charge in [-0.25, -0.2) is 4.79 Å². The summed E-state index contributed by atoms with van der Waals surface area (Å²) >= 11 is 7.11. The maximum Gasteiger partial charge on any atom is 0.326 e. The Balaban J connectivity index is 5.20. The SMILES string of the molecule is CCC(C)C(N)C(=O)NC(CS)C(=O)NC(CCSC)C(=O)NC(CCSC)C(=O)O. The highest BCUT2D eigenvalue weighted by Gasteiger charge is 2.30. The fourth-order valence-electron chi connectivity index (χ4n) is 2.52. The lowest BCUT2D eigenvalue weighted by atomic mass is 9.99. The molecular formula is C19H36N4O5S3. The highest BCUT2D eigenvalue weighted by molar-refractivity contribution is 7.98. The normalized spacial score (nSPS) is 15.8. The molecule has 0 fully saturated rings.